The molecule has 368 valence electrons. The van der Waals surface area contributed by atoms with E-state index in [0.29, 0.717) is 58.0 Å². The Bertz CT molecular complexity index is 2890. The smallest absolute Gasteiger partial charge is 0.322 e. The molecule has 1 saturated heterocycles. The van der Waals surface area contributed by atoms with E-state index < -0.39 is 17.5 Å². The Labute approximate surface area is 451 Å². The number of carbonyl (C=O) groups excluding carboxylic acids is 3. The van der Waals surface area contributed by atoms with Gasteiger partial charge in [-0.3, -0.25) is 14.9 Å². The summed E-state index contributed by atoms with van der Waals surface area (Å²) in [6.45, 7) is 0.626. The molecular formula is C44H37Cl5I2N8O11. The van der Waals surface area contributed by atoms with Gasteiger partial charge < -0.3 is 48.5 Å². The van der Waals surface area contributed by atoms with Gasteiger partial charge in [-0.15, -0.1) is 0 Å². The van der Waals surface area contributed by atoms with Crippen LogP contribution >= 0.6 is 103 Å². The molecule has 2 aliphatic rings. The molecule has 6 aromatic heterocycles. The van der Waals surface area contributed by atoms with E-state index >= 15 is 0 Å². The topological polar surface area (TPSA) is 243 Å². The van der Waals surface area contributed by atoms with Gasteiger partial charge in [0.05, 0.1) is 51.8 Å². The Morgan fingerprint density at radius 1 is 0.700 bits per heavy atom. The number of fused-ring (bicyclic) bond motifs is 2. The maximum atomic E-state index is 13.0. The quantitative estimate of drug-likeness (QED) is 0.0431. The van der Waals surface area contributed by atoms with Crippen LogP contribution in [0.25, 0.3) is 11.0 Å². The van der Waals surface area contributed by atoms with Crippen molar-refractivity contribution in [3.8, 4) is 28.7 Å². The summed E-state index contributed by atoms with van der Waals surface area (Å²) in [6, 6.07) is 17.5. The van der Waals surface area contributed by atoms with Crippen LogP contribution in [0.4, 0.5) is 4.79 Å². The maximum absolute atomic E-state index is 13.0. The first-order valence-corrected chi connectivity index (χ1v) is 23.6. The number of pyridine rings is 5. The van der Waals surface area contributed by atoms with E-state index in [1.54, 1.807) is 81.2 Å². The molecule has 9 rings (SSSR count). The number of amides is 4. The van der Waals surface area contributed by atoms with Crippen molar-refractivity contribution >= 4 is 132 Å². The average molecular weight is 1280 g/mol. The highest BCUT2D eigenvalue weighted by molar-refractivity contribution is 14.1. The van der Waals surface area contributed by atoms with E-state index in [-0.39, 0.29) is 55.0 Å². The Kier molecular flexibility index (Phi) is 21.3. The summed E-state index contributed by atoms with van der Waals surface area (Å²) < 4.78 is 32.4. The van der Waals surface area contributed by atoms with Crippen molar-refractivity contribution in [2.24, 2.45) is 0 Å². The fraction of sp³-hybridized carbons (Fsp3) is 0.182. The molecule has 1 atom stereocenters. The molecule has 4 amide bonds. The number of halogens is 7. The average Bonchev–Trinajstić information content (AvgIpc) is 4.00. The summed E-state index contributed by atoms with van der Waals surface area (Å²) in [5.74, 6) is 1.51. The van der Waals surface area contributed by atoms with Crippen molar-refractivity contribution in [1.82, 2.24) is 40.5 Å². The fourth-order valence-corrected chi connectivity index (χ4v) is 7.93. The molecule has 1 fully saturated rings. The monoisotopic (exact) mass is 1280 g/mol. The molecule has 7 aromatic rings. The van der Waals surface area contributed by atoms with Crippen LogP contribution in [0.2, 0.25) is 25.8 Å². The summed E-state index contributed by atoms with van der Waals surface area (Å²) in [4.78, 5) is 58.3. The van der Waals surface area contributed by atoms with E-state index in [1.165, 1.54) is 42.7 Å². The highest BCUT2D eigenvalue weighted by Gasteiger charge is 2.53. The van der Waals surface area contributed by atoms with Gasteiger partial charge in [0.1, 0.15) is 54.5 Å². The van der Waals surface area contributed by atoms with E-state index in [1.807, 2.05) is 22.6 Å². The molecule has 0 unspecified atom stereocenters. The Morgan fingerprint density at radius 3 is 1.89 bits per heavy atom. The minimum absolute atomic E-state index is 0.110. The standard InChI is InChI=1S/C20H15ClN4O5.C7H7ClINO2.C7H8ClNO2.C5H3ClINO.C5H4ClNO/c1-29-12-3-2-10-8-25(17(26)13(10)6-12)9-20(18(27)23-19(28)24-20)15-4-11-5-16(21)22-7-14(11)30-15;1-11-4-12-6-3-10-7(8)2-5(6)9;1-10-5-11-6-2-3-7(8)9-4-6;6-5-1-3(7)4(9)2-8-5;6-5-2-1-4(8)3-7-5/h2-7H,8-9H2,1H3,(H2,23,24,27,28);2-3H,4H2,1H3;2-4H,5H2,1H3;1-2,9H;1-3,8H/t20-;;;;/m0..../s1. The number of hydrogen-bond acceptors (Lipinski definition) is 16. The zero-order valence-corrected chi connectivity index (χ0v) is 44.6. The first kappa shape index (κ1) is 55.7. The third kappa shape index (κ3) is 15.9. The number of nitrogens with zero attached hydrogens (tertiary/aromatic N) is 6. The largest absolute Gasteiger partial charge is 0.506 e. The Hall–Kier alpha value is -5.25. The maximum Gasteiger partial charge on any atom is 0.322 e. The molecule has 8 heterocycles. The van der Waals surface area contributed by atoms with Gasteiger partial charge in [0.15, 0.2) is 30.5 Å². The predicted molar refractivity (Wildman–Crippen MR) is 276 cm³/mol. The van der Waals surface area contributed by atoms with Gasteiger partial charge in [-0.25, -0.2) is 29.7 Å². The number of aromatic hydroxyl groups is 2. The lowest BCUT2D eigenvalue weighted by Crippen LogP contribution is -2.52. The number of methoxy groups -OCH3 is 3. The number of aromatic nitrogens is 5. The van der Waals surface area contributed by atoms with Crippen LogP contribution in [-0.4, -0.2) is 99.3 Å². The number of furan rings is 1. The van der Waals surface area contributed by atoms with E-state index in [0.717, 1.165) is 9.13 Å². The van der Waals surface area contributed by atoms with Crippen LogP contribution in [0.3, 0.4) is 0 Å². The molecule has 1 aromatic carbocycles. The zero-order valence-electron chi connectivity index (χ0n) is 36.5. The van der Waals surface area contributed by atoms with E-state index in [4.69, 9.17) is 96.3 Å². The van der Waals surface area contributed by atoms with Crippen molar-refractivity contribution in [2.45, 2.75) is 12.1 Å². The summed E-state index contributed by atoms with van der Waals surface area (Å²) in [7, 11) is 4.65. The highest BCUT2D eigenvalue weighted by atomic mass is 127. The molecule has 0 spiro atoms. The van der Waals surface area contributed by atoms with Gasteiger partial charge in [-0.05, 0) is 111 Å². The number of nitrogens with one attached hydrogen (secondary N) is 2. The summed E-state index contributed by atoms with van der Waals surface area (Å²) >= 11 is 32.1. The molecule has 4 N–H and O–H groups in total. The molecule has 19 nitrogen and oxygen atoms in total. The lowest BCUT2D eigenvalue weighted by Gasteiger charge is -2.29. The molecule has 0 aliphatic carbocycles. The first-order valence-electron chi connectivity index (χ1n) is 19.6. The normalized spacial score (nSPS) is 14.3. The zero-order chi connectivity index (χ0) is 51.0. The molecule has 2 aliphatic heterocycles. The van der Waals surface area contributed by atoms with Gasteiger partial charge >= 0.3 is 6.03 Å². The third-order valence-corrected chi connectivity index (χ3v) is 11.8. The molecule has 26 heteroatoms. The molecule has 0 radical (unpaired) electrons. The number of hydrogen-bond donors (Lipinski definition) is 4. The van der Waals surface area contributed by atoms with Crippen LogP contribution in [0.15, 0.2) is 102 Å². The van der Waals surface area contributed by atoms with Gasteiger partial charge in [0, 0.05) is 31.7 Å². The van der Waals surface area contributed by atoms with Gasteiger partial charge in [0.2, 0.25) is 0 Å². The Morgan fingerprint density at radius 2 is 1.31 bits per heavy atom. The van der Waals surface area contributed by atoms with Gasteiger partial charge in [-0.2, -0.15) is 0 Å². The Balaban J connectivity index is 0.000000187. The van der Waals surface area contributed by atoms with Crippen LogP contribution in [0, 0.1) is 7.14 Å². The molecule has 0 bridgehead atoms. The highest BCUT2D eigenvalue weighted by Crippen LogP contribution is 2.35. The molecule has 0 saturated carbocycles. The minimum Gasteiger partial charge on any atom is -0.506 e. The summed E-state index contributed by atoms with van der Waals surface area (Å²) in [5.41, 5.74) is 0.129. The van der Waals surface area contributed by atoms with Crippen LogP contribution < -0.4 is 24.8 Å². The first-order chi connectivity index (χ1) is 33.4. The molecule has 70 heavy (non-hydrogen) atoms. The number of imide groups is 1. The number of benzene rings is 1. The number of carbonyl (C=O) groups is 3. The predicted octanol–water partition coefficient (Wildman–Crippen LogP) is 9.71. The fourth-order valence-electron chi connectivity index (χ4n) is 5.83. The second kappa shape index (κ2) is 26.8. The lowest BCUT2D eigenvalue weighted by molar-refractivity contribution is -0.125. The van der Waals surface area contributed by atoms with Crippen LogP contribution in [0.1, 0.15) is 21.7 Å². The van der Waals surface area contributed by atoms with Crippen molar-refractivity contribution in [2.75, 3.05) is 41.5 Å². The summed E-state index contributed by atoms with van der Waals surface area (Å²) in [5, 5.41) is 25.0. The number of urea groups is 1. The van der Waals surface area contributed by atoms with E-state index in [9.17, 15) is 14.4 Å². The van der Waals surface area contributed by atoms with Gasteiger partial charge in [-0.1, -0.05) is 64.1 Å². The van der Waals surface area contributed by atoms with Crippen LogP contribution in [-0.2, 0) is 26.4 Å². The minimum atomic E-state index is -1.58. The third-order valence-electron chi connectivity index (χ3n) is 9.03. The number of ether oxygens (including phenoxy) is 5. The van der Waals surface area contributed by atoms with Crippen molar-refractivity contribution < 1.29 is 52.7 Å². The second-order valence-corrected chi connectivity index (χ2v) is 18.1. The molecular weight excluding hydrogens is 1250 g/mol. The SMILES string of the molecule is COCOc1ccc(Cl)nc1.COCOc1cnc(Cl)cc1I.COc1ccc2c(c1)C(=O)N(C[C@@]1(c3cc4cc(Cl)ncc4o3)NC(=O)NC1=O)C2.Oc1ccc(Cl)nc1.Oc1cnc(Cl)cc1I. The van der Waals surface area contributed by atoms with Crippen molar-refractivity contribution in [3.63, 3.8) is 0 Å². The number of rotatable bonds is 10. The van der Waals surface area contributed by atoms with Crippen molar-refractivity contribution in [3.05, 3.63) is 148 Å². The van der Waals surface area contributed by atoms with Crippen LogP contribution in [0.5, 0.6) is 28.7 Å². The van der Waals surface area contributed by atoms with Gasteiger partial charge in [0.25, 0.3) is 11.8 Å². The van der Waals surface area contributed by atoms with Crippen molar-refractivity contribution in [1.29, 1.82) is 0 Å². The van der Waals surface area contributed by atoms with E-state index in [2.05, 4.69) is 58.1 Å². The summed E-state index contributed by atoms with van der Waals surface area (Å²) in [6.07, 6.45) is 7.17. The second-order valence-electron chi connectivity index (χ2n) is 13.8. The lowest BCUT2D eigenvalue weighted by atomic mass is 9.95.